The first kappa shape index (κ1) is 17.4. The van der Waals surface area contributed by atoms with Gasteiger partial charge in [0.1, 0.15) is 11.8 Å². The number of nitrogens with zero attached hydrogens (tertiary/aromatic N) is 4. The fourth-order valence-electron chi connectivity index (χ4n) is 2.70. The number of anilines is 2. The number of para-hydroxylation sites is 1. The van der Waals surface area contributed by atoms with Crippen molar-refractivity contribution >= 4 is 81.5 Å². The number of rotatable bonds is 3. The number of nitro groups is 1. The molecule has 4 aromatic rings. The number of aromatic nitrogens is 3. The van der Waals surface area contributed by atoms with Crippen LogP contribution in [0, 0.1) is 10.1 Å². The van der Waals surface area contributed by atoms with E-state index in [0.717, 1.165) is 19.1 Å². The fraction of sp³-hybridized carbons (Fsp3) is 0. The van der Waals surface area contributed by atoms with Crippen LogP contribution in [-0.2, 0) is 0 Å². The summed E-state index contributed by atoms with van der Waals surface area (Å²) in [7, 11) is 0. The maximum absolute atomic E-state index is 11.4. The molecule has 0 aliphatic rings. The molecule has 0 atom stereocenters. The number of benzene rings is 2. The zero-order valence-corrected chi connectivity index (χ0v) is 17.5. The third-order valence-electron chi connectivity index (χ3n) is 3.79. The van der Waals surface area contributed by atoms with Crippen molar-refractivity contribution in [3.05, 3.63) is 66.4 Å². The number of imidazole rings is 1. The third-order valence-corrected chi connectivity index (χ3v) is 5.50. The Bertz CT molecular complexity index is 1170. The van der Waals surface area contributed by atoms with Gasteiger partial charge in [0.2, 0.25) is 0 Å². The van der Waals surface area contributed by atoms with Gasteiger partial charge < -0.3 is 5.32 Å². The van der Waals surface area contributed by atoms with Crippen LogP contribution in [0.2, 0.25) is 0 Å². The van der Waals surface area contributed by atoms with E-state index in [1.807, 2.05) is 12.1 Å². The number of hydrogen-bond donors (Lipinski definition) is 1. The van der Waals surface area contributed by atoms with Crippen LogP contribution in [0.25, 0.3) is 16.6 Å². The molecule has 0 radical (unpaired) electrons. The zero-order valence-electron chi connectivity index (χ0n) is 12.8. The third kappa shape index (κ3) is 2.87. The second kappa shape index (κ2) is 6.60. The Morgan fingerprint density at radius 3 is 2.58 bits per heavy atom. The molecule has 2 aromatic heterocycles. The Balaban J connectivity index is 1.97. The highest BCUT2D eigenvalue weighted by Crippen LogP contribution is 2.37. The molecule has 130 valence electrons. The molecule has 0 bridgehead atoms. The normalized spacial score (nSPS) is 11.2. The van der Waals surface area contributed by atoms with Crippen LogP contribution in [0.3, 0.4) is 0 Å². The minimum absolute atomic E-state index is 0.0180. The van der Waals surface area contributed by atoms with Gasteiger partial charge in [-0.3, -0.25) is 14.5 Å². The van der Waals surface area contributed by atoms with Gasteiger partial charge in [0, 0.05) is 19.5 Å². The molecule has 2 aromatic carbocycles. The smallest absolute Gasteiger partial charge is 0.295 e. The Morgan fingerprint density at radius 2 is 1.88 bits per heavy atom. The molecule has 0 unspecified atom stereocenters. The largest absolute Gasteiger partial charge is 0.337 e. The van der Waals surface area contributed by atoms with Gasteiger partial charge in [0.05, 0.1) is 22.3 Å². The summed E-state index contributed by atoms with van der Waals surface area (Å²) in [5.74, 6) is 0.541. The summed E-state index contributed by atoms with van der Waals surface area (Å²) in [5.41, 5.74) is 2.30. The van der Waals surface area contributed by atoms with Crippen LogP contribution in [0.1, 0.15) is 0 Å². The fourth-order valence-corrected chi connectivity index (χ4v) is 5.16. The monoisotopic (exact) mass is 539 g/mol. The Morgan fingerprint density at radius 1 is 1.15 bits per heavy atom. The molecule has 1 N–H and O–H groups in total. The van der Waals surface area contributed by atoms with Crippen molar-refractivity contribution < 1.29 is 4.92 Å². The van der Waals surface area contributed by atoms with Gasteiger partial charge in [-0.2, -0.15) is 0 Å². The first-order valence-corrected chi connectivity index (χ1v) is 9.64. The van der Waals surface area contributed by atoms with Crippen LogP contribution in [0.4, 0.5) is 17.2 Å². The number of non-ortho nitro benzene ring substituents is 1. The topological polar surface area (TPSA) is 85.4 Å². The van der Waals surface area contributed by atoms with Crippen molar-refractivity contribution in [3.63, 3.8) is 0 Å². The van der Waals surface area contributed by atoms with Crippen molar-refractivity contribution in [1.29, 1.82) is 0 Å². The standard InChI is InChI=1S/C16H8Br3N5O2/c17-8-4-9(18)14(10(19)5-8)22-16-13-6-20-7-23(13)15-11(21-16)2-1-3-12(15)24(25)26/h1-7H,(H,21,22). The minimum atomic E-state index is -0.418. The first-order chi connectivity index (χ1) is 12.5. The SMILES string of the molecule is O=[N+]([O-])c1cccc2nc(Nc3c(Br)cc(Br)cc3Br)c3cncn3c12. The molecule has 7 nitrogen and oxygen atoms in total. The highest BCUT2D eigenvalue weighted by molar-refractivity contribution is 9.11. The van der Waals surface area contributed by atoms with Crippen molar-refractivity contribution in [2.75, 3.05) is 5.32 Å². The molecule has 26 heavy (non-hydrogen) atoms. The number of halogens is 3. The molecule has 0 fully saturated rings. The average molecular weight is 542 g/mol. The predicted octanol–water partition coefficient (Wildman–Crippen LogP) is 5.82. The molecular formula is C16H8Br3N5O2. The maximum atomic E-state index is 11.4. The van der Waals surface area contributed by atoms with E-state index in [9.17, 15) is 10.1 Å². The van der Waals surface area contributed by atoms with Gasteiger partial charge in [-0.15, -0.1) is 0 Å². The van der Waals surface area contributed by atoms with E-state index < -0.39 is 4.92 Å². The summed E-state index contributed by atoms with van der Waals surface area (Å²) in [6.07, 6.45) is 3.16. The highest BCUT2D eigenvalue weighted by Gasteiger charge is 2.19. The van der Waals surface area contributed by atoms with Crippen molar-refractivity contribution in [3.8, 4) is 0 Å². The lowest BCUT2D eigenvalue weighted by molar-refractivity contribution is -0.383. The molecule has 2 heterocycles. The number of hydrogen-bond acceptors (Lipinski definition) is 5. The molecule has 0 saturated carbocycles. The highest BCUT2D eigenvalue weighted by atomic mass is 79.9. The van der Waals surface area contributed by atoms with Gasteiger partial charge in [-0.1, -0.05) is 22.0 Å². The summed E-state index contributed by atoms with van der Waals surface area (Å²) >= 11 is 10.5. The quantitative estimate of drug-likeness (QED) is 0.261. The summed E-state index contributed by atoms with van der Waals surface area (Å²) in [6.45, 7) is 0. The summed E-state index contributed by atoms with van der Waals surface area (Å²) in [4.78, 5) is 19.7. The Hall–Kier alpha value is -2.04. The predicted molar refractivity (Wildman–Crippen MR) is 110 cm³/mol. The van der Waals surface area contributed by atoms with Crippen LogP contribution < -0.4 is 5.32 Å². The second-order valence-electron chi connectivity index (χ2n) is 5.38. The molecule has 0 spiro atoms. The molecule has 0 amide bonds. The maximum Gasteiger partial charge on any atom is 0.295 e. The number of nitrogens with one attached hydrogen (secondary N) is 1. The number of fused-ring (bicyclic) bond motifs is 3. The van der Waals surface area contributed by atoms with E-state index >= 15 is 0 Å². The zero-order chi connectivity index (χ0) is 18.4. The first-order valence-electron chi connectivity index (χ1n) is 7.26. The lowest BCUT2D eigenvalue weighted by Gasteiger charge is -2.13. The van der Waals surface area contributed by atoms with E-state index in [2.05, 4.69) is 63.1 Å². The Kier molecular flexibility index (Phi) is 4.41. The molecule has 0 saturated heterocycles. The Labute approximate surface area is 172 Å². The lowest BCUT2D eigenvalue weighted by Crippen LogP contribution is -2.02. The molecular weight excluding hydrogens is 534 g/mol. The van der Waals surface area contributed by atoms with E-state index in [1.54, 1.807) is 29.1 Å². The van der Waals surface area contributed by atoms with Gasteiger partial charge in [-0.25, -0.2) is 9.97 Å². The minimum Gasteiger partial charge on any atom is -0.337 e. The second-order valence-corrected chi connectivity index (χ2v) is 8.01. The van der Waals surface area contributed by atoms with E-state index in [0.29, 0.717) is 22.4 Å². The van der Waals surface area contributed by atoms with Crippen LogP contribution in [0.5, 0.6) is 0 Å². The van der Waals surface area contributed by atoms with E-state index in [4.69, 9.17) is 0 Å². The summed E-state index contributed by atoms with van der Waals surface area (Å²) in [6, 6.07) is 8.63. The van der Waals surface area contributed by atoms with E-state index in [1.165, 1.54) is 6.07 Å². The van der Waals surface area contributed by atoms with Crippen molar-refractivity contribution in [2.24, 2.45) is 0 Å². The molecule has 10 heteroatoms. The van der Waals surface area contributed by atoms with Gasteiger partial charge in [-0.05, 0) is 50.1 Å². The summed E-state index contributed by atoms with van der Waals surface area (Å²) < 4.78 is 4.25. The van der Waals surface area contributed by atoms with Crippen molar-refractivity contribution in [2.45, 2.75) is 0 Å². The molecule has 0 aliphatic carbocycles. The van der Waals surface area contributed by atoms with Crippen LogP contribution >= 0.6 is 47.8 Å². The van der Waals surface area contributed by atoms with E-state index in [-0.39, 0.29) is 5.69 Å². The van der Waals surface area contributed by atoms with Gasteiger partial charge in [0.25, 0.3) is 5.69 Å². The van der Waals surface area contributed by atoms with Crippen molar-refractivity contribution in [1.82, 2.24) is 14.4 Å². The molecule has 4 rings (SSSR count). The van der Waals surface area contributed by atoms with Crippen LogP contribution in [-0.4, -0.2) is 19.3 Å². The van der Waals surface area contributed by atoms with Crippen LogP contribution in [0.15, 0.2) is 56.3 Å². The molecule has 0 aliphatic heterocycles. The average Bonchev–Trinajstić information content (AvgIpc) is 3.07. The van der Waals surface area contributed by atoms with Gasteiger partial charge >= 0.3 is 0 Å². The summed E-state index contributed by atoms with van der Waals surface area (Å²) in [5, 5.41) is 14.7. The van der Waals surface area contributed by atoms with Gasteiger partial charge in [0.15, 0.2) is 11.3 Å². The lowest BCUT2D eigenvalue weighted by atomic mass is 10.2. The number of nitro benzene ring substituents is 1.